The molecule has 1 N–H and O–H groups in total. The van der Waals surface area contributed by atoms with Crippen LogP contribution in [0.4, 0.5) is 26.1 Å². The van der Waals surface area contributed by atoms with Crippen molar-refractivity contribution >= 4 is 34.7 Å². The highest BCUT2D eigenvalue weighted by atomic mass is 35.5. The van der Waals surface area contributed by atoms with Gasteiger partial charge in [0.2, 0.25) is 5.95 Å². The number of benzene rings is 3. The third-order valence-corrected chi connectivity index (χ3v) is 7.28. The molecule has 1 aliphatic heterocycles. The Morgan fingerprint density at radius 1 is 1.02 bits per heavy atom. The van der Waals surface area contributed by atoms with E-state index < -0.39 is 5.82 Å². The molecule has 1 saturated heterocycles. The molecule has 0 amide bonds. The first-order valence-electron chi connectivity index (χ1n) is 13.3. The normalized spacial score (nSPS) is 13.2. The van der Waals surface area contributed by atoms with E-state index in [9.17, 15) is 13.6 Å². The van der Waals surface area contributed by atoms with Crippen LogP contribution < -0.4 is 10.2 Å². The summed E-state index contributed by atoms with van der Waals surface area (Å²) in [7, 11) is 0. The molecule has 1 fully saturated rings. The van der Waals surface area contributed by atoms with Crippen LogP contribution in [-0.4, -0.2) is 28.8 Å². The van der Waals surface area contributed by atoms with E-state index in [0.29, 0.717) is 28.6 Å². The van der Waals surface area contributed by atoms with Crippen molar-refractivity contribution in [2.45, 2.75) is 32.1 Å². The average Bonchev–Trinajstić information content (AvgIpc) is 2.96. The van der Waals surface area contributed by atoms with Crippen molar-refractivity contribution in [3.8, 4) is 11.3 Å². The first-order valence-corrected chi connectivity index (χ1v) is 13.6. The number of nitrogens with one attached hydrogen (secondary N) is 1. The van der Waals surface area contributed by atoms with Gasteiger partial charge >= 0.3 is 0 Å². The Hall–Kier alpha value is -4.10. The van der Waals surface area contributed by atoms with Gasteiger partial charge in [0.1, 0.15) is 11.6 Å². The fourth-order valence-corrected chi connectivity index (χ4v) is 5.16. The highest BCUT2D eigenvalue weighted by Crippen LogP contribution is 2.33. The van der Waals surface area contributed by atoms with Gasteiger partial charge in [0, 0.05) is 48.9 Å². The number of hydrogen-bond donors (Lipinski definition) is 1. The molecule has 0 aliphatic carbocycles. The predicted octanol–water partition coefficient (Wildman–Crippen LogP) is 7.70. The number of nitrogens with zero attached hydrogens (tertiary/aromatic N) is 3. The second-order valence-corrected chi connectivity index (χ2v) is 10.3. The summed E-state index contributed by atoms with van der Waals surface area (Å²) < 4.78 is 28.5. The SMILES string of the molecule is C=CC(=O)Cc1cc(-c2nc(Nc3ccc(Cl)c(N4CCCCC4)c3)ncc2Cc2cccc(F)c2)ccc1F. The number of aromatic nitrogens is 2. The largest absolute Gasteiger partial charge is 0.370 e. The lowest BCUT2D eigenvalue weighted by Gasteiger charge is -2.30. The fourth-order valence-electron chi connectivity index (χ4n) is 4.93. The van der Waals surface area contributed by atoms with E-state index in [0.717, 1.165) is 48.4 Å². The topological polar surface area (TPSA) is 58.1 Å². The van der Waals surface area contributed by atoms with Gasteiger partial charge in [-0.2, -0.15) is 0 Å². The van der Waals surface area contributed by atoms with Crippen molar-refractivity contribution in [2.75, 3.05) is 23.3 Å². The number of allylic oxidation sites excluding steroid dienone is 1. The third kappa shape index (κ3) is 6.54. The minimum absolute atomic E-state index is 0.108. The van der Waals surface area contributed by atoms with Gasteiger partial charge in [0.15, 0.2) is 5.78 Å². The quantitative estimate of drug-likeness (QED) is 0.213. The molecule has 3 aromatic carbocycles. The third-order valence-electron chi connectivity index (χ3n) is 6.96. The highest BCUT2D eigenvalue weighted by molar-refractivity contribution is 6.33. The number of anilines is 3. The number of hydrogen-bond acceptors (Lipinski definition) is 5. The molecule has 2 heterocycles. The summed E-state index contributed by atoms with van der Waals surface area (Å²) in [6, 6.07) is 16.6. The second kappa shape index (κ2) is 12.4. The number of carbonyl (C=O) groups is 1. The smallest absolute Gasteiger partial charge is 0.227 e. The molecule has 5 nitrogen and oxygen atoms in total. The van der Waals surface area contributed by atoms with Gasteiger partial charge < -0.3 is 10.2 Å². The van der Waals surface area contributed by atoms with Gasteiger partial charge in [0.25, 0.3) is 0 Å². The summed E-state index contributed by atoms with van der Waals surface area (Å²) in [5, 5.41) is 3.97. The maximum atomic E-state index is 14.6. The number of halogens is 3. The van der Waals surface area contributed by atoms with Gasteiger partial charge in [-0.15, -0.1) is 0 Å². The molecule has 0 bridgehead atoms. The maximum Gasteiger partial charge on any atom is 0.227 e. The minimum Gasteiger partial charge on any atom is -0.370 e. The Labute approximate surface area is 237 Å². The minimum atomic E-state index is -0.482. The van der Waals surface area contributed by atoms with E-state index in [2.05, 4.69) is 21.8 Å². The average molecular weight is 559 g/mol. The molecule has 0 atom stereocenters. The van der Waals surface area contributed by atoms with Crippen LogP contribution in [0.3, 0.4) is 0 Å². The summed E-state index contributed by atoms with van der Waals surface area (Å²) in [5.41, 5.74) is 4.65. The Morgan fingerprint density at radius 2 is 1.85 bits per heavy atom. The van der Waals surface area contributed by atoms with E-state index in [4.69, 9.17) is 16.6 Å². The Kier molecular flexibility index (Phi) is 8.51. The standard InChI is InChI=1S/C32H29ClF2N4O/c1-2-27(40)18-23-17-22(9-12-29(23)35)31-24(15-21-7-6-8-25(34)16-21)20-36-32(38-31)37-26-10-11-28(33)30(19-26)39-13-4-3-5-14-39/h2,6-12,16-17,19-20H,1,3-5,13-15,18H2,(H,36,37,38). The fraction of sp³-hybridized carbons (Fsp3) is 0.219. The number of ketones is 1. The van der Waals surface area contributed by atoms with Crippen LogP contribution in [0.25, 0.3) is 11.3 Å². The summed E-state index contributed by atoms with van der Waals surface area (Å²) in [5.74, 6) is -0.756. The summed E-state index contributed by atoms with van der Waals surface area (Å²) in [6.07, 6.45) is 6.61. The van der Waals surface area contributed by atoms with Crippen LogP contribution in [0.1, 0.15) is 36.0 Å². The predicted molar refractivity (Wildman–Crippen MR) is 156 cm³/mol. The number of rotatable bonds is 9. The summed E-state index contributed by atoms with van der Waals surface area (Å²) in [6.45, 7) is 5.40. The lowest BCUT2D eigenvalue weighted by Crippen LogP contribution is -2.29. The van der Waals surface area contributed by atoms with E-state index in [1.807, 2.05) is 24.3 Å². The van der Waals surface area contributed by atoms with Gasteiger partial charge in [0.05, 0.1) is 16.4 Å². The highest BCUT2D eigenvalue weighted by Gasteiger charge is 2.17. The first-order chi connectivity index (χ1) is 19.4. The molecular formula is C32H29ClF2N4O. The van der Waals surface area contributed by atoms with Crippen LogP contribution in [0.15, 0.2) is 79.5 Å². The van der Waals surface area contributed by atoms with E-state index in [1.165, 1.54) is 30.7 Å². The molecule has 8 heteroatoms. The molecule has 204 valence electrons. The van der Waals surface area contributed by atoms with Gasteiger partial charge in [-0.05, 0) is 85.0 Å². The van der Waals surface area contributed by atoms with Crippen molar-refractivity contribution in [1.82, 2.24) is 9.97 Å². The van der Waals surface area contributed by atoms with E-state index in [-0.39, 0.29) is 23.6 Å². The molecule has 0 unspecified atom stereocenters. The second-order valence-electron chi connectivity index (χ2n) is 9.87. The van der Waals surface area contributed by atoms with Crippen molar-refractivity contribution in [1.29, 1.82) is 0 Å². The summed E-state index contributed by atoms with van der Waals surface area (Å²) >= 11 is 6.53. The van der Waals surface area contributed by atoms with Crippen molar-refractivity contribution in [3.63, 3.8) is 0 Å². The van der Waals surface area contributed by atoms with Gasteiger partial charge in [-0.1, -0.05) is 30.3 Å². The molecule has 0 radical (unpaired) electrons. The Morgan fingerprint density at radius 3 is 2.62 bits per heavy atom. The monoisotopic (exact) mass is 558 g/mol. The zero-order chi connectivity index (χ0) is 28.1. The van der Waals surface area contributed by atoms with Crippen LogP contribution in [-0.2, 0) is 17.6 Å². The zero-order valence-corrected chi connectivity index (χ0v) is 22.7. The Bertz CT molecular complexity index is 1550. The van der Waals surface area contributed by atoms with Crippen LogP contribution in [0.5, 0.6) is 0 Å². The van der Waals surface area contributed by atoms with E-state index in [1.54, 1.807) is 24.4 Å². The van der Waals surface area contributed by atoms with Crippen LogP contribution in [0.2, 0.25) is 5.02 Å². The van der Waals surface area contributed by atoms with Crippen LogP contribution >= 0.6 is 11.6 Å². The molecule has 5 rings (SSSR count). The Balaban J connectivity index is 1.51. The molecular weight excluding hydrogens is 530 g/mol. The zero-order valence-electron chi connectivity index (χ0n) is 22.0. The van der Waals surface area contributed by atoms with Crippen molar-refractivity contribution in [3.05, 3.63) is 113 Å². The van der Waals surface area contributed by atoms with Crippen molar-refractivity contribution < 1.29 is 13.6 Å². The molecule has 40 heavy (non-hydrogen) atoms. The molecule has 0 saturated carbocycles. The van der Waals surface area contributed by atoms with E-state index >= 15 is 0 Å². The van der Waals surface area contributed by atoms with Gasteiger partial charge in [-0.3, -0.25) is 4.79 Å². The maximum absolute atomic E-state index is 14.6. The summed E-state index contributed by atoms with van der Waals surface area (Å²) in [4.78, 5) is 23.6. The molecule has 0 spiro atoms. The lowest BCUT2D eigenvalue weighted by molar-refractivity contribution is -0.114. The molecule has 4 aromatic rings. The number of carbonyl (C=O) groups excluding carboxylic acids is 1. The number of piperidine rings is 1. The molecule has 1 aromatic heterocycles. The van der Waals surface area contributed by atoms with Crippen molar-refractivity contribution in [2.24, 2.45) is 0 Å². The first kappa shape index (κ1) is 27.5. The molecule has 1 aliphatic rings. The lowest BCUT2D eigenvalue weighted by atomic mass is 9.98. The van der Waals surface area contributed by atoms with Crippen LogP contribution in [0, 0.1) is 11.6 Å². The van der Waals surface area contributed by atoms with Gasteiger partial charge in [-0.25, -0.2) is 18.7 Å².